The lowest BCUT2D eigenvalue weighted by molar-refractivity contribution is 0.530. The zero-order chi connectivity index (χ0) is 14.0. The fourth-order valence-electron chi connectivity index (χ4n) is 2.69. The molecule has 2 radical (unpaired) electrons. The van der Waals surface area contributed by atoms with Gasteiger partial charge >= 0.3 is 0 Å². The number of unbranched alkanes of at least 4 members (excludes halogenated alkanes) is 15. The first kappa shape index (κ1) is 22.6. The second kappa shape index (κ2) is 21.6. The van der Waals surface area contributed by atoms with Gasteiger partial charge < -0.3 is 5.73 Å². The van der Waals surface area contributed by atoms with Gasteiger partial charge in [-0.2, -0.15) is 0 Å². The Morgan fingerprint density at radius 3 is 0.950 bits per heavy atom. The van der Waals surface area contributed by atoms with Crippen molar-refractivity contribution >= 4 is 13.5 Å². The van der Waals surface area contributed by atoms with Crippen molar-refractivity contribution in [2.75, 3.05) is 6.54 Å². The highest BCUT2D eigenvalue weighted by atomic mass is 32.1. The first-order valence-corrected chi connectivity index (χ1v) is 9.12. The van der Waals surface area contributed by atoms with E-state index < -0.39 is 0 Å². The Morgan fingerprint density at radius 1 is 0.450 bits per heavy atom. The van der Waals surface area contributed by atoms with Crippen LogP contribution in [0.1, 0.15) is 110 Å². The van der Waals surface area contributed by atoms with Crippen LogP contribution in [0.15, 0.2) is 0 Å². The van der Waals surface area contributed by atoms with Crippen LogP contribution in [0.3, 0.4) is 0 Å². The molecule has 0 fully saturated rings. The van der Waals surface area contributed by atoms with Crippen LogP contribution in [0, 0.1) is 0 Å². The predicted molar refractivity (Wildman–Crippen MR) is 96.2 cm³/mol. The Labute approximate surface area is 135 Å². The molecule has 0 amide bonds. The van der Waals surface area contributed by atoms with Crippen molar-refractivity contribution in [2.45, 2.75) is 110 Å². The topological polar surface area (TPSA) is 26.0 Å². The van der Waals surface area contributed by atoms with Gasteiger partial charge in [0.25, 0.3) is 0 Å². The van der Waals surface area contributed by atoms with Crippen LogP contribution in [-0.2, 0) is 0 Å². The third kappa shape index (κ3) is 20.6. The summed E-state index contributed by atoms with van der Waals surface area (Å²) in [7, 11) is 0. The third-order valence-corrected chi connectivity index (χ3v) is 4.06. The molecular weight excluding hydrogens is 262 g/mol. The van der Waals surface area contributed by atoms with Gasteiger partial charge in [-0.1, -0.05) is 103 Å². The Balaban J connectivity index is 0. The highest BCUT2D eigenvalue weighted by Crippen LogP contribution is 2.13. The van der Waals surface area contributed by atoms with Gasteiger partial charge in [0.2, 0.25) is 0 Å². The lowest BCUT2D eigenvalue weighted by Gasteiger charge is -2.03. The summed E-state index contributed by atoms with van der Waals surface area (Å²) in [4.78, 5) is 0. The molecule has 1 nitrogen and oxygen atoms in total. The maximum atomic E-state index is 5.48. The van der Waals surface area contributed by atoms with Crippen LogP contribution in [0.4, 0.5) is 0 Å². The number of hydrogen-bond donors (Lipinski definition) is 1. The number of hydrogen-bond acceptors (Lipinski definition) is 1. The molecule has 0 saturated heterocycles. The molecule has 0 aliphatic heterocycles. The van der Waals surface area contributed by atoms with Gasteiger partial charge in [0.1, 0.15) is 0 Å². The zero-order valence-electron chi connectivity index (χ0n) is 14.0. The maximum absolute atomic E-state index is 5.48. The van der Waals surface area contributed by atoms with Crippen LogP contribution in [-0.4, -0.2) is 6.54 Å². The molecule has 0 unspecified atom stereocenters. The molecule has 0 saturated carbocycles. The highest BCUT2D eigenvalue weighted by molar-refractivity contribution is 7.59. The minimum atomic E-state index is 0. The molecule has 2 heteroatoms. The molecule has 0 rings (SSSR count). The Bertz CT molecular complexity index is 134. The van der Waals surface area contributed by atoms with Gasteiger partial charge in [0, 0.05) is 13.5 Å². The van der Waals surface area contributed by atoms with Crippen molar-refractivity contribution in [3.8, 4) is 0 Å². The fraction of sp³-hybridized carbons (Fsp3) is 1.00. The van der Waals surface area contributed by atoms with E-state index in [9.17, 15) is 0 Å². The quantitative estimate of drug-likeness (QED) is 0.310. The Kier molecular flexibility index (Phi) is 24.4. The Morgan fingerprint density at radius 2 is 0.700 bits per heavy atom. The number of rotatable bonds is 16. The first-order valence-electron chi connectivity index (χ1n) is 9.12. The summed E-state index contributed by atoms with van der Waals surface area (Å²) in [6.07, 6.45) is 22.9. The van der Waals surface area contributed by atoms with Gasteiger partial charge in [0.05, 0.1) is 0 Å². The molecule has 0 aromatic carbocycles. The molecule has 20 heavy (non-hydrogen) atoms. The van der Waals surface area contributed by atoms with Crippen molar-refractivity contribution in [3.05, 3.63) is 0 Å². The SMILES string of the molecule is CCCCCCCCCCCCCCCCCCN.[S]. The lowest BCUT2D eigenvalue weighted by Crippen LogP contribution is -1.97. The summed E-state index contributed by atoms with van der Waals surface area (Å²) < 4.78 is 0. The summed E-state index contributed by atoms with van der Waals surface area (Å²) in [6.45, 7) is 3.16. The summed E-state index contributed by atoms with van der Waals surface area (Å²) in [6, 6.07) is 0. The average Bonchev–Trinajstić information content (AvgIpc) is 2.43. The molecule has 0 aliphatic rings. The minimum absolute atomic E-state index is 0. The molecule has 0 spiro atoms. The fourth-order valence-corrected chi connectivity index (χ4v) is 2.69. The van der Waals surface area contributed by atoms with E-state index in [1.165, 1.54) is 103 Å². The molecule has 0 aromatic heterocycles. The van der Waals surface area contributed by atoms with Gasteiger partial charge in [-0.25, -0.2) is 0 Å². The van der Waals surface area contributed by atoms with E-state index in [2.05, 4.69) is 6.92 Å². The highest BCUT2D eigenvalue weighted by Gasteiger charge is 1.94. The summed E-state index contributed by atoms with van der Waals surface area (Å²) >= 11 is 0. The smallest absolute Gasteiger partial charge is 0 e. The molecule has 122 valence electrons. The standard InChI is InChI=1S/C18H39N.S/c1-2-3-4-5-6-7-8-9-10-11-12-13-14-15-16-17-18-19;/h2-19H2,1H3;. The van der Waals surface area contributed by atoms with Crippen LogP contribution in [0.2, 0.25) is 0 Å². The second-order valence-electron chi connectivity index (χ2n) is 6.09. The lowest BCUT2D eigenvalue weighted by atomic mass is 10.0. The number of nitrogens with two attached hydrogens (primary N) is 1. The van der Waals surface area contributed by atoms with E-state index in [0.717, 1.165) is 6.54 Å². The van der Waals surface area contributed by atoms with Gasteiger partial charge in [0.15, 0.2) is 0 Å². The predicted octanol–water partition coefficient (Wildman–Crippen LogP) is 6.85. The zero-order valence-corrected chi connectivity index (χ0v) is 14.8. The monoisotopic (exact) mass is 301 g/mol. The Hall–Kier alpha value is 0.310. The molecule has 0 bridgehead atoms. The van der Waals surface area contributed by atoms with Crippen molar-refractivity contribution in [1.29, 1.82) is 0 Å². The normalized spacial score (nSPS) is 10.5. The van der Waals surface area contributed by atoms with Gasteiger partial charge in [-0.05, 0) is 13.0 Å². The second-order valence-corrected chi connectivity index (χ2v) is 6.09. The molecule has 0 aliphatic carbocycles. The average molecular weight is 302 g/mol. The summed E-state index contributed by atoms with van der Waals surface area (Å²) in [5.41, 5.74) is 5.48. The molecule has 0 heterocycles. The third-order valence-electron chi connectivity index (χ3n) is 4.06. The van der Waals surface area contributed by atoms with Crippen LogP contribution < -0.4 is 5.73 Å². The van der Waals surface area contributed by atoms with E-state index in [1.807, 2.05) is 0 Å². The first-order chi connectivity index (χ1) is 9.41. The van der Waals surface area contributed by atoms with Crippen LogP contribution >= 0.6 is 13.5 Å². The van der Waals surface area contributed by atoms with Crippen LogP contribution in [0.25, 0.3) is 0 Å². The van der Waals surface area contributed by atoms with Gasteiger partial charge in [-0.3, -0.25) is 0 Å². The van der Waals surface area contributed by atoms with E-state index in [4.69, 9.17) is 5.73 Å². The summed E-state index contributed by atoms with van der Waals surface area (Å²) in [5.74, 6) is 0. The van der Waals surface area contributed by atoms with Crippen molar-refractivity contribution in [3.63, 3.8) is 0 Å². The van der Waals surface area contributed by atoms with Crippen molar-refractivity contribution in [1.82, 2.24) is 0 Å². The van der Waals surface area contributed by atoms with E-state index >= 15 is 0 Å². The summed E-state index contributed by atoms with van der Waals surface area (Å²) in [5, 5.41) is 0. The maximum Gasteiger partial charge on any atom is 0 e. The molecule has 2 N–H and O–H groups in total. The molecular formula is C18H39NS. The van der Waals surface area contributed by atoms with Crippen molar-refractivity contribution < 1.29 is 0 Å². The minimum Gasteiger partial charge on any atom is -0.330 e. The molecule has 0 aromatic rings. The van der Waals surface area contributed by atoms with E-state index in [1.54, 1.807) is 0 Å². The largest absolute Gasteiger partial charge is 0.330 e. The van der Waals surface area contributed by atoms with Crippen LogP contribution in [0.5, 0.6) is 0 Å². The van der Waals surface area contributed by atoms with Crippen molar-refractivity contribution in [2.24, 2.45) is 5.73 Å². The molecule has 0 atom stereocenters. The van der Waals surface area contributed by atoms with E-state index in [-0.39, 0.29) is 13.5 Å². The van der Waals surface area contributed by atoms with E-state index in [0.29, 0.717) is 0 Å². The van der Waals surface area contributed by atoms with Gasteiger partial charge in [-0.15, -0.1) is 0 Å².